The van der Waals surface area contributed by atoms with Crippen molar-refractivity contribution < 1.29 is 9.59 Å². The Labute approximate surface area is 177 Å². The van der Waals surface area contributed by atoms with E-state index in [2.05, 4.69) is 22.8 Å². The van der Waals surface area contributed by atoms with Gasteiger partial charge in [-0.15, -0.1) is 0 Å². The average Bonchev–Trinajstić information content (AvgIpc) is 2.78. The maximum atomic E-state index is 13.3. The molecule has 5 heteroatoms. The van der Waals surface area contributed by atoms with Crippen LogP contribution in [-0.4, -0.2) is 36.0 Å². The van der Waals surface area contributed by atoms with Crippen molar-refractivity contribution in [3.8, 4) is 0 Å². The first-order valence-corrected chi connectivity index (χ1v) is 11.0. The van der Waals surface area contributed by atoms with Crippen molar-refractivity contribution in [2.75, 3.05) is 18.9 Å². The molecule has 1 heterocycles. The van der Waals surface area contributed by atoms with Gasteiger partial charge in [-0.05, 0) is 55.7 Å². The molecule has 156 valence electrons. The van der Waals surface area contributed by atoms with E-state index in [4.69, 9.17) is 0 Å². The lowest BCUT2D eigenvalue weighted by Gasteiger charge is -2.56. The SMILES string of the molecule is CN(CCc1ccccc1)C(=O)[C@H]1C[C@H]2CC[C@@H]1C[C@@]21NC(=O)c2ccccc2N1. The molecule has 1 spiro atoms. The van der Waals surface area contributed by atoms with E-state index in [-0.39, 0.29) is 23.7 Å². The van der Waals surface area contributed by atoms with Gasteiger partial charge in [0.05, 0.1) is 5.56 Å². The molecular weight excluding hydrogens is 374 g/mol. The second-order valence-electron chi connectivity index (χ2n) is 9.17. The number of fused-ring (bicyclic) bond motifs is 3. The highest BCUT2D eigenvalue weighted by molar-refractivity contribution is 6.02. The number of para-hydroxylation sites is 1. The molecule has 3 saturated carbocycles. The van der Waals surface area contributed by atoms with Crippen molar-refractivity contribution in [2.24, 2.45) is 17.8 Å². The Morgan fingerprint density at radius 2 is 1.83 bits per heavy atom. The molecule has 0 saturated heterocycles. The summed E-state index contributed by atoms with van der Waals surface area (Å²) in [4.78, 5) is 27.9. The molecule has 2 bridgehead atoms. The van der Waals surface area contributed by atoms with Crippen LogP contribution in [0.1, 0.15) is 41.6 Å². The molecule has 2 N–H and O–H groups in total. The smallest absolute Gasteiger partial charge is 0.255 e. The van der Waals surface area contributed by atoms with Gasteiger partial charge in [0.15, 0.2) is 0 Å². The van der Waals surface area contributed by atoms with Gasteiger partial charge in [-0.25, -0.2) is 0 Å². The largest absolute Gasteiger partial charge is 0.362 e. The van der Waals surface area contributed by atoms with E-state index in [1.165, 1.54) is 5.56 Å². The number of nitrogens with one attached hydrogen (secondary N) is 2. The van der Waals surface area contributed by atoms with Crippen LogP contribution in [0.3, 0.4) is 0 Å². The third-order valence-corrected chi connectivity index (χ3v) is 7.41. The molecule has 30 heavy (non-hydrogen) atoms. The van der Waals surface area contributed by atoms with Gasteiger partial charge in [-0.1, -0.05) is 42.5 Å². The molecule has 2 aromatic rings. The predicted octanol–water partition coefficient (Wildman–Crippen LogP) is 3.68. The zero-order valence-electron chi connectivity index (χ0n) is 17.4. The van der Waals surface area contributed by atoms with Crippen LogP contribution >= 0.6 is 0 Å². The van der Waals surface area contributed by atoms with E-state index in [9.17, 15) is 9.59 Å². The van der Waals surface area contributed by atoms with Crippen LogP contribution in [0.15, 0.2) is 54.6 Å². The van der Waals surface area contributed by atoms with Gasteiger partial charge in [-0.2, -0.15) is 0 Å². The number of likely N-dealkylation sites (N-methyl/N-ethyl adjacent to an activating group) is 1. The lowest BCUT2D eigenvalue weighted by molar-refractivity contribution is -0.141. The Hall–Kier alpha value is -2.82. The average molecular weight is 404 g/mol. The van der Waals surface area contributed by atoms with Gasteiger partial charge < -0.3 is 15.5 Å². The van der Waals surface area contributed by atoms with Crippen molar-refractivity contribution in [1.29, 1.82) is 0 Å². The Bertz CT molecular complexity index is 960. The molecule has 0 unspecified atom stereocenters. The molecule has 4 aliphatic rings. The predicted molar refractivity (Wildman–Crippen MR) is 117 cm³/mol. The fourth-order valence-corrected chi connectivity index (χ4v) is 5.78. The summed E-state index contributed by atoms with van der Waals surface area (Å²) in [6.45, 7) is 0.740. The highest BCUT2D eigenvalue weighted by atomic mass is 16.2. The van der Waals surface area contributed by atoms with Crippen LogP contribution in [0.5, 0.6) is 0 Å². The number of amides is 2. The molecule has 1 aliphatic heterocycles. The van der Waals surface area contributed by atoms with Gasteiger partial charge >= 0.3 is 0 Å². The number of hydrogen-bond acceptors (Lipinski definition) is 3. The van der Waals surface area contributed by atoms with E-state index >= 15 is 0 Å². The number of hydrogen-bond donors (Lipinski definition) is 2. The van der Waals surface area contributed by atoms with Crippen LogP contribution in [-0.2, 0) is 11.2 Å². The normalized spacial score (nSPS) is 29.1. The standard InChI is InChI=1S/C25H29N3O2/c1-28(14-13-17-7-3-2-4-8-17)24(30)21-15-19-12-11-18(21)16-25(19)26-22-10-6-5-9-20(22)23(29)27-25/h2-10,18-19,21,26H,11-16H2,1H3,(H,27,29)/t18-,19-,21+,25-/m1/s1. The Morgan fingerprint density at radius 3 is 2.60 bits per heavy atom. The third-order valence-electron chi connectivity index (χ3n) is 7.41. The Morgan fingerprint density at radius 1 is 1.07 bits per heavy atom. The van der Waals surface area contributed by atoms with Crippen LogP contribution in [0.4, 0.5) is 5.69 Å². The molecule has 3 aliphatic carbocycles. The summed E-state index contributed by atoms with van der Waals surface area (Å²) in [7, 11) is 1.93. The van der Waals surface area contributed by atoms with Crippen molar-refractivity contribution in [1.82, 2.24) is 10.2 Å². The summed E-state index contributed by atoms with van der Waals surface area (Å²) in [5, 5.41) is 6.93. The maximum absolute atomic E-state index is 13.3. The van der Waals surface area contributed by atoms with E-state index in [0.717, 1.165) is 44.3 Å². The van der Waals surface area contributed by atoms with Gasteiger partial charge in [0, 0.05) is 31.1 Å². The lowest BCUT2D eigenvalue weighted by Crippen LogP contribution is -2.68. The van der Waals surface area contributed by atoms with E-state index < -0.39 is 5.66 Å². The summed E-state index contributed by atoms with van der Waals surface area (Å²) < 4.78 is 0. The number of rotatable bonds is 4. The van der Waals surface area contributed by atoms with Crippen LogP contribution in [0.2, 0.25) is 0 Å². The fourth-order valence-electron chi connectivity index (χ4n) is 5.78. The van der Waals surface area contributed by atoms with Gasteiger partial charge in [-0.3, -0.25) is 9.59 Å². The number of benzene rings is 2. The van der Waals surface area contributed by atoms with Gasteiger partial charge in [0.25, 0.3) is 5.91 Å². The molecule has 4 atom stereocenters. The number of nitrogens with zero attached hydrogens (tertiary/aromatic N) is 1. The van der Waals surface area contributed by atoms with Crippen molar-refractivity contribution in [2.45, 2.75) is 37.8 Å². The van der Waals surface area contributed by atoms with Crippen LogP contribution in [0.25, 0.3) is 0 Å². The molecule has 2 aromatic carbocycles. The first-order valence-electron chi connectivity index (χ1n) is 11.0. The van der Waals surface area contributed by atoms with E-state index in [0.29, 0.717) is 11.5 Å². The number of carbonyl (C=O) groups is 2. The summed E-state index contributed by atoms with van der Waals surface area (Å²) in [5.41, 5.74) is 2.47. The molecule has 5 nitrogen and oxygen atoms in total. The summed E-state index contributed by atoms with van der Waals surface area (Å²) >= 11 is 0. The van der Waals surface area contributed by atoms with Gasteiger partial charge in [0.2, 0.25) is 5.91 Å². The minimum atomic E-state index is -0.409. The first kappa shape index (κ1) is 19.2. The highest BCUT2D eigenvalue weighted by Gasteiger charge is 2.55. The zero-order chi connectivity index (χ0) is 20.7. The summed E-state index contributed by atoms with van der Waals surface area (Å²) in [6, 6.07) is 18.0. The lowest BCUT2D eigenvalue weighted by atomic mass is 9.58. The summed E-state index contributed by atoms with van der Waals surface area (Å²) in [6.07, 6.45) is 4.66. The van der Waals surface area contributed by atoms with Crippen molar-refractivity contribution >= 4 is 17.5 Å². The van der Waals surface area contributed by atoms with Crippen molar-refractivity contribution in [3.63, 3.8) is 0 Å². The maximum Gasteiger partial charge on any atom is 0.255 e. The van der Waals surface area contributed by atoms with Crippen LogP contribution < -0.4 is 10.6 Å². The number of carbonyl (C=O) groups excluding carboxylic acids is 2. The monoisotopic (exact) mass is 403 g/mol. The second-order valence-corrected chi connectivity index (χ2v) is 9.17. The third kappa shape index (κ3) is 3.26. The fraction of sp³-hybridized carbons (Fsp3) is 0.440. The highest BCUT2D eigenvalue weighted by Crippen LogP contribution is 2.52. The molecular formula is C25H29N3O2. The van der Waals surface area contributed by atoms with E-state index in [1.54, 1.807) is 0 Å². The molecule has 3 fully saturated rings. The van der Waals surface area contributed by atoms with Crippen molar-refractivity contribution in [3.05, 3.63) is 65.7 Å². The minimum Gasteiger partial charge on any atom is -0.362 e. The van der Waals surface area contributed by atoms with Gasteiger partial charge in [0.1, 0.15) is 5.66 Å². The molecule has 0 radical (unpaired) electrons. The Kier molecular flexibility index (Phi) is 4.76. The molecule has 6 rings (SSSR count). The number of anilines is 1. The Balaban J connectivity index is 1.28. The summed E-state index contributed by atoms with van der Waals surface area (Å²) in [5.74, 6) is 0.903. The quantitative estimate of drug-likeness (QED) is 0.819. The minimum absolute atomic E-state index is 0.000226. The van der Waals surface area contributed by atoms with Crippen LogP contribution in [0, 0.1) is 17.8 Å². The first-order chi connectivity index (χ1) is 14.6. The van der Waals surface area contributed by atoms with E-state index in [1.807, 2.05) is 54.4 Å². The molecule has 2 amide bonds. The molecule has 0 aromatic heterocycles. The second kappa shape index (κ2) is 7.46. The zero-order valence-corrected chi connectivity index (χ0v) is 17.4. The topological polar surface area (TPSA) is 61.4 Å².